The van der Waals surface area contributed by atoms with Crippen LogP contribution < -0.4 is 5.73 Å². The average Bonchev–Trinajstić information content (AvgIpc) is 2.26. The maximum Gasteiger partial charge on any atom is 0.292 e. The minimum absolute atomic E-state index is 0.286. The third kappa shape index (κ3) is 1.97. The Morgan fingerprint density at radius 3 is 2.73 bits per heavy atom. The van der Waals surface area contributed by atoms with Crippen molar-refractivity contribution in [1.82, 2.24) is 4.98 Å². The van der Waals surface area contributed by atoms with Crippen LogP contribution >= 0.6 is 0 Å². The van der Waals surface area contributed by atoms with Crippen molar-refractivity contribution in [3.05, 3.63) is 11.5 Å². The summed E-state index contributed by atoms with van der Waals surface area (Å²) in [7, 11) is 0. The van der Waals surface area contributed by atoms with Crippen LogP contribution in [0.5, 0.6) is 0 Å². The second-order valence-corrected chi connectivity index (χ2v) is 2.66. The molecule has 0 aromatic carbocycles. The van der Waals surface area contributed by atoms with E-state index >= 15 is 0 Å². The minimum atomic E-state index is 0.286. The van der Waals surface area contributed by atoms with Crippen molar-refractivity contribution in [2.24, 2.45) is 0 Å². The van der Waals surface area contributed by atoms with Gasteiger partial charge in [0.25, 0.3) is 6.01 Å². The molecule has 1 heterocycles. The Morgan fingerprint density at radius 1 is 1.55 bits per heavy atom. The van der Waals surface area contributed by atoms with E-state index in [0.717, 1.165) is 24.3 Å². The predicted molar refractivity (Wildman–Crippen MR) is 44.3 cm³/mol. The minimum Gasteiger partial charge on any atom is -0.429 e. The van der Waals surface area contributed by atoms with Gasteiger partial charge in [-0.1, -0.05) is 13.3 Å². The summed E-state index contributed by atoms with van der Waals surface area (Å²) < 4.78 is 5.18. The van der Waals surface area contributed by atoms with Gasteiger partial charge in [-0.25, -0.2) is 0 Å². The molecule has 0 saturated carbocycles. The summed E-state index contributed by atoms with van der Waals surface area (Å²) in [5.41, 5.74) is 6.30. The Bertz CT molecular complexity index is 230. The number of hydrogen-bond acceptors (Lipinski definition) is 3. The van der Waals surface area contributed by atoms with Gasteiger partial charge in [0.05, 0.1) is 5.69 Å². The zero-order valence-corrected chi connectivity index (χ0v) is 7.05. The van der Waals surface area contributed by atoms with Crippen molar-refractivity contribution >= 4 is 6.01 Å². The van der Waals surface area contributed by atoms with E-state index in [-0.39, 0.29) is 6.01 Å². The maximum atomic E-state index is 5.37. The number of unbranched alkanes of at least 4 members (excludes halogenated alkanes) is 1. The molecule has 1 rings (SSSR count). The highest BCUT2D eigenvalue weighted by Gasteiger charge is 2.05. The van der Waals surface area contributed by atoms with E-state index in [9.17, 15) is 0 Å². The van der Waals surface area contributed by atoms with E-state index in [2.05, 4.69) is 11.9 Å². The molecule has 2 N–H and O–H groups in total. The van der Waals surface area contributed by atoms with Gasteiger partial charge in [0.1, 0.15) is 5.76 Å². The number of aryl methyl sites for hydroxylation is 2. The number of aromatic nitrogens is 1. The van der Waals surface area contributed by atoms with Crippen LogP contribution in [0.25, 0.3) is 0 Å². The molecule has 0 aliphatic heterocycles. The number of anilines is 1. The van der Waals surface area contributed by atoms with Crippen molar-refractivity contribution in [3.63, 3.8) is 0 Å². The maximum absolute atomic E-state index is 5.37. The molecule has 0 aliphatic rings. The van der Waals surface area contributed by atoms with E-state index in [0.29, 0.717) is 0 Å². The number of hydrogen-bond donors (Lipinski definition) is 1. The summed E-state index contributed by atoms with van der Waals surface area (Å²) in [4.78, 5) is 3.98. The van der Waals surface area contributed by atoms with E-state index < -0.39 is 0 Å². The molecule has 0 fully saturated rings. The van der Waals surface area contributed by atoms with Gasteiger partial charge in [-0.15, -0.1) is 0 Å². The van der Waals surface area contributed by atoms with Crippen molar-refractivity contribution in [1.29, 1.82) is 0 Å². The first-order valence-corrected chi connectivity index (χ1v) is 3.95. The molecule has 3 nitrogen and oxygen atoms in total. The normalized spacial score (nSPS) is 10.4. The van der Waals surface area contributed by atoms with E-state index in [4.69, 9.17) is 10.2 Å². The van der Waals surface area contributed by atoms with Gasteiger partial charge in [0, 0.05) is 6.42 Å². The standard InChI is InChI=1S/C8H14N2O/c1-3-4-5-7-6(2)10-8(9)11-7/h3-5H2,1-2H3,(H2,9,10). The molecule has 62 valence electrons. The molecule has 0 aliphatic carbocycles. The molecular formula is C8H14N2O. The topological polar surface area (TPSA) is 52.0 Å². The summed E-state index contributed by atoms with van der Waals surface area (Å²) in [5, 5.41) is 0. The lowest BCUT2D eigenvalue weighted by Gasteiger charge is -1.92. The number of oxazole rings is 1. The average molecular weight is 154 g/mol. The van der Waals surface area contributed by atoms with Crippen LogP contribution in [-0.4, -0.2) is 4.98 Å². The van der Waals surface area contributed by atoms with Crippen LogP contribution in [0.3, 0.4) is 0 Å². The van der Waals surface area contributed by atoms with E-state index in [1.807, 2.05) is 6.92 Å². The van der Waals surface area contributed by atoms with Crippen LogP contribution in [0.2, 0.25) is 0 Å². The molecule has 0 saturated heterocycles. The first-order chi connectivity index (χ1) is 5.24. The van der Waals surface area contributed by atoms with Crippen LogP contribution in [0, 0.1) is 6.92 Å². The smallest absolute Gasteiger partial charge is 0.292 e. The molecule has 0 atom stereocenters. The summed E-state index contributed by atoms with van der Waals surface area (Å²) >= 11 is 0. The quantitative estimate of drug-likeness (QED) is 0.723. The number of nitrogen functional groups attached to an aromatic ring is 1. The lowest BCUT2D eigenvalue weighted by Crippen LogP contribution is -1.84. The van der Waals surface area contributed by atoms with E-state index in [1.165, 1.54) is 6.42 Å². The monoisotopic (exact) mass is 154 g/mol. The molecular weight excluding hydrogens is 140 g/mol. The zero-order valence-electron chi connectivity index (χ0n) is 7.05. The highest BCUT2D eigenvalue weighted by molar-refractivity contribution is 5.18. The summed E-state index contributed by atoms with van der Waals surface area (Å²) in [5.74, 6) is 0.935. The molecule has 1 aromatic rings. The molecule has 0 unspecified atom stereocenters. The molecule has 0 amide bonds. The fourth-order valence-corrected chi connectivity index (χ4v) is 1.02. The van der Waals surface area contributed by atoms with Crippen molar-refractivity contribution in [2.45, 2.75) is 33.1 Å². The number of nitrogens with two attached hydrogens (primary N) is 1. The van der Waals surface area contributed by atoms with Gasteiger partial charge in [-0.05, 0) is 13.3 Å². The molecule has 0 spiro atoms. The Kier molecular flexibility index (Phi) is 2.52. The zero-order chi connectivity index (χ0) is 8.27. The fraction of sp³-hybridized carbons (Fsp3) is 0.625. The predicted octanol–water partition coefficient (Wildman–Crippen LogP) is 1.91. The third-order valence-corrected chi connectivity index (χ3v) is 1.67. The van der Waals surface area contributed by atoms with Crippen LogP contribution in [-0.2, 0) is 6.42 Å². The number of rotatable bonds is 3. The SMILES string of the molecule is CCCCc1oc(N)nc1C. The highest BCUT2D eigenvalue weighted by atomic mass is 16.4. The molecule has 0 radical (unpaired) electrons. The van der Waals surface area contributed by atoms with Gasteiger partial charge < -0.3 is 10.2 Å². The van der Waals surface area contributed by atoms with Gasteiger partial charge in [-0.3, -0.25) is 0 Å². The first-order valence-electron chi connectivity index (χ1n) is 3.95. The Balaban J connectivity index is 2.62. The summed E-state index contributed by atoms with van der Waals surface area (Å²) in [6.45, 7) is 4.07. The molecule has 11 heavy (non-hydrogen) atoms. The fourth-order valence-electron chi connectivity index (χ4n) is 1.02. The lowest BCUT2D eigenvalue weighted by molar-refractivity contribution is 0.511. The van der Waals surface area contributed by atoms with Crippen LogP contribution in [0.1, 0.15) is 31.2 Å². The van der Waals surface area contributed by atoms with Gasteiger partial charge >= 0.3 is 0 Å². The van der Waals surface area contributed by atoms with Gasteiger partial charge in [0.15, 0.2) is 0 Å². The number of nitrogens with zero attached hydrogens (tertiary/aromatic N) is 1. The molecule has 1 aromatic heterocycles. The Labute approximate surface area is 66.6 Å². The highest BCUT2D eigenvalue weighted by Crippen LogP contribution is 2.13. The second kappa shape index (κ2) is 3.42. The van der Waals surface area contributed by atoms with Crippen LogP contribution in [0.4, 0.5) is 6.01 Å². The largest absolute Gasteiger partial charge is 0.429 e. The molecule has 0 bridgehead atoms. The van der Waals surface area contributed by atoms with Crippen LogP contribution in [0.15, 0.2) is 4.42 Å². The third-order valence-electron chi connectivity index (χ3n) is 1.67. The van der Waals surface area contributed by atoms with Crippen molar-refractivity contribution in [3.8, 4) is 0 Å². The second-order valence-electron chi connectivity index (χ2n) is 2.66. The van der Waals surface area contributed by atoms with Gasteiger partial charge in [0.2, 0.25) is 0 Å². The summed E-state index contributed by atoms with van der Waals surface area (Å²) in [6.07, 6.45) is 3.25. The summed E-state index contributed by atoms with van der Waals surface area (Å²) in [6, 6.07) is 0.286. The van der Waals surface area contributed by atoms with Gasteiger partial charge in [-0.2, -0.15) is 4.98 Å². The van der Waals surface area contributed by atoms with E-state index in [1.54, 1.807) is 0 Å². The lowest BCUT2D eigenvalue weighted by atomic mass is 10.2. The molecule has 3 heteroatoms. The van der Waals surface area contributed by atoms with Crippen molar-refractivity contribution in [2.75, 3.05) is 5.73 Å². The van der Waals surface area contributed by atoms with Crippen molar-refractivity contribution < 1.29 is 4.42 Å². The Morgan fingerprint density at radius 2 is 2.27 bits per heavy atom. The Hall–Kier alpha value is -0.990. The first kappa shape index (κ1) is 8.11.